The van der Waals surface area contributed by atoms with Gasteiger partial charge in [0, 0.05) is 11.7 Å². The van der Waals surface area contributed by atoms with E-state index in [0.717, 1.165) is 12.8 Å². The molecule has 1 aliphatic rings. The number of esters is 1. The highest BCUT2D eigenvalue weighted by Gasteiger charge is 2.39. The maximum atomic E-state index is 11.3. The van der Waals surface area contributed by atoms with E-state index >= 15 is 0 Å². The van der Waals surface area contributed by atoms with Gasteiger partial charge in [0.15, 0.2) is 5.69 Å². The van der Waals surface area contributed by atoms with Gasteiger partial charge in [0.25, 0.3) is 0 Å². The molecule has 0 atom stereocenters. The second-order valence-corrected chi connectivity index (χ2v) is 3.88. The molecular weight excluding hydrogens is 180 g/mol. The largest absolute Gasteiger partial charge is 0.461 e. The standard InChI is InChI=1S/C10H14N2O2/c1-3-14-9(13)8-6-12(7-11-8)10(2)4-5-10/h6-7H,3-5H2,1-2H3. The monoisotopic (exact) mass is 194 g/mol. The van der Waals surface area contributed by atoms with Gasteiger partial charge in [0.2, 0.25) is 0 Å². The molecule has 0 unspecified atom stereocenters. The first kappa shape index (κ1) is 9.24. The van der Waals surface area contributed by atoms with Gasteiger partial charge in [0.1, 0.15) is 0 Å². The van der Waals surface area contributed by atoms with Crippen LogP contribution in [0, 0.1) is 0 Å². The quantitative estimate of drug-likeness (QED) is 0.686. The fourth-order valence-electron chi connectivity index (χ4n) is 1.37. The van der Waals surface area contributed by atoms with E-state index < -0.39 is 0 Å². The lowest BCUT2D eigenvalue weighted by Crippen LogP contribution is -2.10. The van der Waals surface area contributed by atoms with Gasteiger partial charge in [-0.15, -0.1) is 0 Å². The van der Waals surface area contributed by atoms with Gasteiger partial charge in [-0.2, -0.15) is 0 Å². The average molecular weight is 194 g/mol. The number of aromatic nitrogens is 2. The third-order valence-electron chi connectivity index (χ3n) is 2.66. The third-order valence-corrected chi connectivity index (χ3v) is 2.66. The Morgan fingerprint density at radius 1 is 1.71 bits per heavy atom. The van der Waals surface area contributed by atoms with Gasteiger partial charge in [-0.05, 0) is 26.7 Å². The summed E-state index contributed by atoms with van der Waals surface area (Å²) in [5.41, 5.74) is 0.595. The Morgan fingerprint density at radius 3 is 3.00 bits per heavy atom. The molecule has 1 heterocycles. The van der Waals surface area contributed by atoms with Crippen molar-refractivity contribution in [2.75, 3.05) is 6.61 Å². The molecule has 1 aromatic rings. The minimum absolute atomic E-state index is 0.192. The molecule has 0 spiro atoms. The Balaban J connectivity index is 2.13. The van der Waals surface area contributed by atoms with E-state index in [0.29, 0.717) is 12.3 Å². The van der Waals surface area contributed by atoms with Gasteiger partial charge in [0.05, 0.1) is 12.9 Å². The molecule has 0 radical (unpaired) electrons. The molecule has 1 aromatic heterocycles. The van der Waals surface area contributed by atoms with Crippen LogP contribution in [0.1, 0.15) is 37.2 Å². The molecule has 0 amide bonds. The van der Waals surface area contributed by atoms with Gasteiger partial charge >= 0.3 is 5.97 Å². The zero-order valence-electron chi connectivity index (χ0n) is 8.49. The molecule has 0 bridgehead atoms. The van der Waals surface area contributed by atoms with Gasteiger partial charge in [-0.25, -0.2) is 9.78 Å². The lowest BCUT2D eigenvalue weighted by Gasteiger charge is -2.08. The highest BCUT2D eigenvalue weighted by atomic mass is 16.5. The molecule has 4 nitrogen and oxygen atoms in total. The number of ether oxygens (including phenoxy) is 1. The van der Waals surface area contributed by atoms with E-state index in [9.17, 15) is 4.79 Å². The first-order valence-electron chi connectivity index (χ1n) is 4.87. The van der Waals surface area contributed by atoms with Crippen molar-refractivity contribution in [2.24, 2.45) is 0 Å². The van der Waals surface area contributed by atoms with E-state index in [1.165, 1.54) is 0 Å². The highest BCUT2D eigenvalue weighted by molar-refractivity contribution is 5.86. The summed E-state index contributed by atoms with van der Waals surface area (Å²) in [7, 11) is 0. The van der Waals surface area contributed by atoms with Crippen molar-refractivity contribution in [1.29, 1.82) is 0 Å². The molecule has 0 aromatic carbocycles. The number of carbonyl (C=O) groups excluding carboxylic acids is 1. The molecule has 4 heteroatoms. The fraction of sp³-hybridized carbons (Fsp3) is 0.600. The minimum Gasteiger partial charge on any atom is -0.461 e. The van der Waals surface area contributed by atoms with E-state index in [-0.39, 0.29) is 11.5 Å². The molecule has 0 aliphatic heterocycles. The van der Waals surface area contributed by atoms with Gasteiger partial charge < -0.3 is 9.30 Å². The normalized spacial score (nSPS) is 17.9. The summed E-state index contributed by atoms with van der Waals surface area (Å²) in [5, 5.41) is 0. The molecule has 0 N–H and O–H groups in total. The van der Waals surface area contributed by atoms with E-state index in [4.69, 9.17) is 4.74 Å². The van der Waals surface area contributed by atoms with E-state index in [2.05, 4.69) is 11.9 Å². The van der Waals surface area contributed by atoms with Crippen molar-refractivity contribution >= 4 is 5.97 Å². The predicted molar refractivity (Wildman–Crippen MR) is 51.1 cm³/mol. The van der Waals surface area contributed by atoms with Crippen LogP contribution in [0.3, 0.4) is 0 Å². The van der Waals surface area contributed by atoms with Crippen LogP contribution in [-0.2, 0) is 10.3 Å². The maximum Gasteiger partial charge on any atom is 0.358 e. The molecule has 76 valence electrons. The second kappa shape index (κ2) is 3.12. The van der Waals surface area contributed by atoms with Crippen molar-refractivity contribution in [3.63, 3.8) is 0 Å². The molecule has 2 rings (SSSR count). The van der Waals surface area contributed by atoms with Crippen molar-refractivity contribution < 1.29 is 9.53 Å². The Morgan fingerprint density at radius 2 is 2.43 bits per heavy atom. The van der Waals surface area contributed by atoms with Crippen LogP contribution < -0.4 is 0 Å². The average Bonchev–Trinajstić information content (AvgIpc) is 2.72. The molecule has 14 heavy (non-hydrogen) atoms. The molecular formula is C10H14N2O2. The topological polar surface area (TPSA) is 44.1 Å². The number of carbonyl (C=O) groups is 1. The number of imidazole rings is 1. The zero-order valence-corrected chi connectivity index (χ0v) is 8.49. The number of nitrogens with zero attached hydrogens (tertiary/aromatic N) is 2. The Labute approximate surface area is 82.9 Å². The predicted octanol–water partition coefficient (Wildman–Crippen LogP) is 1.57. The summed E-state index contributed by atoms with van der Waals surface area (Å²) in [6.07, 6.45) is 5.79. The highest BCUT2D eigenvalue weighted by Crippen LogP contribution is 2.42. The van der Waals surface area contributed by atoms with Crippen molar-refractivity contribution in [3.05, 3.63) is 18.2 Å². The van der Waals surface area contributed by atoms with Crippen LogP contribution in [0.2, 0.25) is 0 Å². The molecule has 1 aliphatic carbocycles. The fourth-order valence-corrected chi connectivity index (χ4v) is 1.37. The van der Waals surface area contributed by atoms with Crippen LogP contribution in [0.4, 0.5) is 0 Å². The maximum absolute atomic E-state index is 11.3. The summed E-state index contributed by atoms with van der Waals surface area (Å²) in [6, 6.07) is 0. The zero-order chi connectivity index (χ0) is 10.2. The Hall–Kier alpha value is -1.32. The lowest BCUT2D eigenvalue weighted by atomic mass is 10.3. The van der Waals surface area contributed by atoms with Crippen molar-refractivity contribution in [1.82, 2.24) is 9.55 Å². The Kier molecular flexibility index (Phi) is 2.06. The van der Waals surface area contributed by atoms with Crippen LogP contribution in [0.5, 0.6) is 0 Å². The van der Waals surface area contributed by atoms with Gasteiger partial charge in [-0.3, -0.25) is 0 Å². The first-order chi connectivity index (χ1) is 6.65. The number of hydrogen-bond acceptors (Lipinski definition) is 3. The summed E-state index contributed by atoms with van der Waals surface area (Å²) in [6.45, 7) is 4.34. The smallest absolute Gasteiger partial charge is 0.358 e. The van der Waals surface area contributed by atoms with Crippen LogP contribution in [-0.4, -0.2) is 22.1 Å². The van der Waals surface area contributed by atoms with E-state index in [1.54, 1.807) is 19.4 Å². The number of rotatable bonds is 3. The Bertz CT molecular complexity index is 353. The minimum atomic E-state index is -0.337. The molecule has 0 saturated heterocycles. The molecule has 1 fully saturated rings. The van der Waals surface area contributed by atoms with Crippen LogP contribution >= 0.6 is 0 Å². The summed E-state index contributed by atoms with van der Waals surface area (Å²) >= 11 is 0. The summed E-state index contributed by atoms with van der Waals surface area (Å²) in [4.78, 5) is 15.3. The molecule has 1 saturated carbocycles. The van der Waals surface area contributed by atoms with Crippen LogP contribution in [0.25, 0.3) is 0 Å². The second-order valence-electron chi connectivity index (χ2n) is 3.88. The van der Waals surface area contributed by atoms with Crippen molar-refractivity contribution in [3.8, 4) is 0 Å². The summed E-state index contributed by atoms with van der Waals surface area (Å²) in [5.74, 6) is -0.337. The van der Waals surface area contributed by atoms with Gasteiger partial charge in [-0.1, -0.05) is 0 Å². The van der Waals surface area contributed by atoms with Crippen molar-refractivity contribution in [2.45, 2.75) is 32.2 Å². The summed E-state index contributed by atoms with van der Waals surface area (Å²) < 4.78 is 6.86. The van der Waals surface area contributed by atoms with E-state index in [1.807, 2.05) is 4.57 Å². The third kappa shape index (κ3) is 1.52. The lowest BCUT2D eigenvalue weighted by molar-refractivity contribution is 0.0520. The first-order valence-corrected chi connectivity index (χ1v) is 4.87. The number of hydrogen-bond donors (Lipinski definition) is 0. The van der Waals surface area contributed by atoms with Crippen LogP contribution in [0.15, 0.2) is 12.5 Å². The SMILES string of the molecule is CCOC(=O)c1cn(C2(C)CC2)cn1.